The van der Waals surface area contributed by atoms with Crippen molar-refractivity contribution in [3.8, 4) is 11.5 Å². The van der Waals surface area contributed by atoms with Crippen LogP contribution >= 0.6 is 11.6 Å². The van der Waals surface area contributed by atoms with Crippen LogP contribution in [0.25, 0.3) is 0 Å². The summed E-state index contributed by atoms with van der Waals surface area (Å²) in [6.45, 7) is 0.699. The average Bonchev–Trinajstić information content (AvgIpc) is 3.14. The first-order valence-corrected chi connectivity index (χ1v) is 10.0. The first-order chi connectivity index (χ1) is 15.0. The number of carbonyl (C=O) groups excluding carboxylic acids is 1. The van der Waals surface area contributed by atoms with Gasteiger partial charge in [-0.1, -0.05) is 11.6 Å². The molecule has 0 spiro atoms. The second-order valence-corrected chi connectivity index (χ2v) is 7.80. The molecule has 5 rings (SSSR count). The van der Waals surface area contributed by atoms with E-state index in [4.69, 9.17) is 21.1 Å². The van der Waals surface area contributed by atoms with Gasteiger partial charge >= 0.3 is 0 Å². The number of aromatic nitrogens is 4. The Hall–Kier alpha value is -3.40. The monoisotopic (exact) mass is 444 g/mol. The topological polar surface area (TPSA) is 94.4 Å². The number of halogens is 2. The number of hydrogen-bond donors (Lipinski definition) is 1. The molecule has 0 fully saturated rings. The highest BCUT2D eigenvalue weighted by molar-refractivity contribution is 6.33. The molecule has 0 saturated carbocycles. The maximum atomic E-state index is 13.8. The lowest BCUT2D eigenvalue weighted by Gasteiger charge is -2.38. The van der Waals surface area contributed by atoms with Gasteiger partial charge in [-0.15, -0.1) is 10.2 Å². The van der Waals surface area contributed by atoms with Crippen molar-refractivity contribution in [2.45, 2.75) is 19.0 Å². The van der Waals surface area contributed by atoms with E-state index in [-0.39, 0.29) is 24.4 Å². The molecule has 2 aliphatic heterocycles. The average molecular weight is 445 g/mol. The summed E-state index contributed by atoms with van der Waals surface area (Å²) in [5.41, 5.74) is 2.12. The molecule has 9 nitrogen and oxygen atoms in total. The number of hydrogen-bond acceptors (Lipinski definition) is 7. The zero-order chi connectivity index (χ0) is 21.5. The van der Waals surface area contributed by atoms with Gasteiger partial charge in [-0.2, -0.15) is 4.80 Å². The molecule has 3 aromatic rings. The first kappa shape index (κ1) is 19.6. The van der Waals surface area contributed by atoms with E-state index in [1.165, 1.54) is 16.9 Å². The van der Waals surface area contributed by atoms with E-state index in [0.717, 1.165) is 11.3 Å². The van der Waals surface area contributed by atoms with Crippen molar-refractivity contribution < 1.29 is 18.7 Å². The molecule has 1 aromatic heterocycles. The standard InChI is InChI=1S/C20H18ClFN6O3/c1-27-25-18(24-26-27)7-13-9-30-17-6-12(22)2-3-16(17)28(13)8-11-4-14(21)20-15(5-11)23-19(29)10-31-20/h2-6,13H,7-10H2,1H3,(H,23,29)/t13-/m0/s1. The molecule has 160 valence electrons. The number of nitrogens with zero attached hydrogens (tertiary/aromatic N) is 5. The number of aryl methyl sites for hydroxylation is 1. The molecular weight excluding hydrogens is 427 g/mol. The number of anilines is 2. The predicted octanol–water partition coefficient (Wildman–Crippen LogP) is 2.34. The van der Waals surface area contributed by atoms with E-state index < -0.39 is 0 Å². The van der Waals surface area contributed by atoms with Crippen molar-refractivity contribution in [2.24, 2.45) is 7.05 Å². The number of nitrogens with one attached hydrogen (secondary N) is 1. The molecule has 2 aromatic carbocycles. The highest BCUT2D eigenvalue weighted by Gasteiger charge is 2.30. The minimum Gasteiger partial charge on any atom is -0.489 e. The van der Waals surface area contributed by atoms with E-state index in [1.807, 2.05) is 6.07 Å². The molecule has 0 aliphatic carbocycles. The lowest BCUT2D eigenvalue weighted by atomic mass is 10.1. The Balaban J connectivity index is 1.49. The zero-order valence-corrected chi connectivity index (χ0v) is 17.3. The van der Waals surface area contributed by atoms with Gasteiger partial charge in [-0.3, -0.25) is 4.79 Å². The van der Waals surface area contributed by atoms with Crippen molar-refractivity contribution in [1.82, 2.24) is 20.2 Å². The Morgan fingerprint density at radius 3 is 2.97 bits per heavy atom. The molecule has 31 heavy (non-hydrogen) atoms. The van der Waals surface area contributed by atoms with Crippen LogP contribution in [0.3, 0.4) is 0 Å². The predicted molar refractivity (Wildman–Crippen MR) is 110 cm³/mol. The number of rotatable bonds is 4. The van der Waals surface area contributed by atoms with Gasteiger partial charge in [-0.25, -0.2) is 4.39 Å². The zero-order valence-electron chi connectivity index (χ0n) is 16.5. The molecule has 1 N–H and O–H groups in total. The van der Waals surface area contributed by atoms with Gasteiger partial charge in [0.15, 0.2) is 18.2 Å². The van der Waals surface area contributed by atoms with Gasteiger partial charge in [-0.05, 0) is 35.0 Å². The van der Waals surface area contributed by atoms with Crippen LogP contribution < -0.4 is 19.7 Å². The number of carbonyl (C=O) groups is 1. The molecule has 0 radical (unpaired) electrons. The van der Waals surface area contributed by atoms with Crippen LogP contribution in [0.4, 0.5) is 15.8 Å². The summed E-state index contributed by atoms with van der Waals surface area (Å²) in [5.74, 6) is 0.888. The molecule has 0 unspecified atom stereocenters. The SMILES string of the molecule is Cn1nnc(C[C@H]2COc3cc(F)ccc3N2Cc2cc(Cl)c3c(c2)NC(=O)CO3)n1. The fraction of sp³-hybridized carbons (Fsp3) is 0.300. The van der Waals surface area contributed by atoms with Crippen LogP contribution in [-0.4, -0.2) is 45.4 Å². The third-order valence-corrected chi connectivity index (χ3v) is 5.43. The van der Waals surface area contributed by atoms with E-state index in [2.05, 4.69) is 25.6 Å². The van der Waals surface area contributed by atoms with Gasteiger partial charge in [0, 0.05) is 19.0 Å². The molecule has 1 atom stereocenters. The number of fused-ring (bicyclic) bond motifs is 2. The van der Waals surface area contributed by atoms with Crippen molar-refractivity contribution in [3.63, 3.8) is 0 Å². The van der Waals surface area contributed by atoms with Crippen molar-refractivity contribution in [1.29, 1.82) is 0 Å². The normalized spacial score (nSPS) is 17.3. The Morgan fingerprint density at radius 1 is 1.29 bits per heavy atom. The quantitative estimate of drug-likeness (QED) is 0.660. The lowest BCUT2D eigenvalue weighted by molar-refractivity contribution is -0.118. The molecule has 1 amide bonds. The minimum atomic E-state index is -0.371. The fourth-order valence-electron chi connectivity index (χ4n) is 3.81. The van der Waals surface area contributed by atoms with Gasteiger partial charge < -0.3 is 19.7 Å². The van der Waals surface area contributed by atoms with Gasteiger partial charge in [0.1, 0.15) is 18.2 Å². The highest BCUT2D eigenvalue weighted by Crippen LogP contribution is 2.40. The highest BCUT2D eigenvalue weighted by atomic mass is 35.5. The summed E-state index contributed by atoms with van der Waals surface area (Å²) in [7, 11) is 1.70. The van der Waals surface area contributed by atoms with Crippen LogP contribution in [0.5, 0.6) is 11.5 Å². The molecule has 11 heteroatoms. The molecule has 2 aliphatic rings. The summed E-state index contributed by atoms with van der Waals surface area (Å²) >= 11 is 6.40. The van der Waals surface area contributed by atoms with E-state index >= 15 is 0 Å². The van der Waals surface area contributed by atoms with Crippen molar-refractivity contribution in [3.05, 3.63) is 52.6 Å². The number of tetrazole rings is 1. The summed E-state index contributed by atoms with van der Waals surface area (Å²) in [5, 5.41) is 15.4. The van der Waals surface area contributed by atoms with Crippen LogP contribution in [0.1, 0.15) is 11.4 Å². The van der Waals surface area contributed by atoms with Gasteiger partial charge in [0.25, 0.3) is 5.91 Å². The van der Waals surface area contributed by atoms with Gasteiger partial charge in [0.2, 0.25) is 0 Å². The van der Waals surface area contributed by atoms with Crippen LogP contribution in [-0.2, 0) is 24.8 Å². The number of benzene rings is 2. The van der Waals surface area contributed by atoms with Crippen molar-refractivity contribution >= 4 is 28.9 Å². The molecule has 3 heterocycles. The molecule has 0 bridgehead atoms. The van der Waals surface area contributed by atoms with E-state index in [9.17, 15) is 9.18 Å². The second kappa shape index (κ2) is 7.69. The Morgan fingerprint density at radius 2 is 2.16 bits per heavy atom. The van der Waals surface area contributed by atoms with Crippen LogP contribution in [0.2, 0.25) is 5.02 Å². The molecular formula is C20H18ClFN6O3. The summed E-state index contributed by atoms with van der Waals surface area (Å²) < 4.78 is 25.0. The van der Waals surface area contributed by atoms with Crippen LogP contribution in [0.15, 0.2) is 30.3 Å². The maximum absolute atomic E-state index is 13.8. The van der Waals surface area contributed by atoms with Crippen molar-refractivity contribution in [2.75, 3.05) is 23.4 Å². The lowest BCUT2D eigenvalue weighted by Crippen LogP contribution is -2.44. The second-order valence-electron chi connectivity index (χ2n) is 7.40. The van der Waals surface area contributed by atoms with E-state index in [1.54, 1.807) is 19.2 Å². The first-order valence-electron chi connectivity index (χ1n) is 9.63. The Kier molecular flexibility index (Phi) is 4.85. The minimum absolute atomic E-state index is 0.0678. The summed E-state index contributed by atoms with van der Waals surface area (Å²) in [4.78, 5) is 15.2. The maximum Gasteiger partial charge on any atom is 0.262 e. The molecule has 0 saturated heterocycles. The third kappa shape index (κ3) is 3.86. The Labute approximate surface area is 181 Å². The van der Waals surface area contributed by atoms with Gasteiger partial charge in [0.05, 0.1) is 29.5 Å². The Bertz CT molecular complexity index is 1170. The largest absolute Gasteiger partial charge is 0.489 e. The number of amides is 1. The smallest absolute Gasteiger partial charge is 0.262 e. The van der Waals surface area contributed by atoms with Crippen LogP contribution in [0, 0.1) is 5.82 Å². The third-order valence-electron chi connectivity index (χ3n) is 5.15. The summed E-state index contributed by atoms with van der Waals surface area (Å²) in [6, 6.07) is 7.95. The summed E-state index contributed by atoms with van der Waals surface area (Å²) in [6.07, 6.45) is 0.489. The fourth-order valence-corrected chi connectivity index (χ4v) is 4.11. The van der Waals surface area contributed by atoms with E-state index in [0.29, 0.717) is 47.6 Å². The number of ether oxygens (including phenoxy) is 2.